The summed E-state index contributed by atoms with van der Waals surface area (Å²) in [6.45, 7) is 1.58. The van der Waals surface area contributed by atoms with Crippen LogP contribution in [0.4, 0.5) is 0 Å². The van der Waals surface area contributed by atoms with E-state index in [1.807, 2.05) is 24.3 Å². The number of fused-ring (bicyclic) bond motifs is 1. The van der Waals surface area contributed by atoms with Gasteiger partial charge in [0, 0.05) is 19.0 Å². The van der Waals surface area contributed by atoms with Gasteiger partial charge in [-0.3, -0.25) is 9.59 Å². The van der Waals surface area contributed by atoms with Gasteiger partial charge >= 0.3 is 0 Å². The summed E-state index contributed by atoms with van der Waals surface area (Å²) < 4.78 is 6.29. The molecule has 3 aromatic rings. The number of furan rings is 1. The molecule has 26 heavy (non-hydrogen) atoms. The number of hydrogen-bond donors (Lipinski definition) is 1. The summed E-state index contributed by atoms with van der Waals surface area (Å²) in [5, 5.41) is 3.90. The van der Waals surface area contributed by atoms with Crippen LogP contribution in [0.2, 0.25) is 0 Å². The lowest BCUT2D eigenvalue weighted by atomic mass is 9.96. The predicted molar refractivity (Wildman–Crippen MR) is 98.8 cm³/mol. The van der Waals surface area contributed by atoms with Crippen LogP contribution in [-0.4, -0.2) is 34.8 Å². The number of carbonyl (C=O) groups is 2. The predicted octanol–water partition coefficient (Wildman–Crippen LogP) is 3.06. The van der Waals surface area contributed by atoms with Crippen LogP contribution in [0.25, 0.3) is 10.2 Å². The number of carbonyl (C=O) groups excluding carboxylic acids is 2. The van der Waals surface area contributed by atoms with E-state index in [1.165, 1.54) is 6.26 Å². The summed E-state index contributed by atoms with van der Waals surface area (Å²) in [6.07, 6.45) is 2.83. The van der Waals surface area contributed by atoms with E-state index >= 15 is 0 Å². The highest BCUT2D eigenvalue weighted by atomic mass is 32.1. The number of aromatic nitrogens is 1. The van der Waals surface area contributed by atoms with Gasteiger partial charge in [-0.2, -0.15) is 0 Å². The minimum absolute atomic E-state index is 0.0364. The molecule has 1 saturated heterocycles. The monoisotopic (exact) mass is 369 g/mol. The fourth-order valence-electron chi connectivity index (χ4n) is 3.20. The van der Waals surface area contributed by atoms with Crippen LogP contribution in [0.3, 0.4) is 0 Å². The van der Waals surface area contributed by atoms with Crippen molar-refractivity contribution in [2.45, 2.75) is 19.4 Å². The Kier molecular flexibility index (Phi) is 4.71. The SMILES string of the molecule is O=C(NCc1nc2ccccc2s1)C1CCN(C(=O)c2ccco2)CC1. The third-order valence-electron chi connectivity index (χ3n) is 4.64. The topological polar surface area (TPSA) is 75.4 Å². The smallest absolute Gasteiger partial charge is 0.289 e. The maximum atomic E-state index is 12.4. The molecule has 2 amide bonds. The van der Waals surface area contributed by atoms with Crippen molar-refractivity contribution in [2.75, 3.05) is 13.1 Å². The molecule has 1 aliphatic heterocycles. The molecule has 0 spiro atoms. The Hall–Kier alpha value is -2.67. The zero-order valence-corrected chi connectivity index (χ0v) is 15.0. The van der Waals surface area contributed by atoms with Crippen LogP contribution in [-0.2, 0) is 11.3 Å². The molecule has 0 unspecified atom stereocenters. The lowest BCUT2D eigenvalue weighted by Gasteiger charge is -2.30. The second-order valence-electron chi connectivity index (χ2n) is 6.34. The number of nitrogens with one attached hydrogen (secondary N) is 1. The molecule has 0 saturated carbocycles. The largest absolute Gasteiger partial charge is 0.459 e. The average molecular weight is 369 g/mol. The number of likely N-dealkylation sites (tertiary alicyclic amines) is 1. The second-order valence-corrected chi connectivity index (χ2v) is 7.45. The summed E-state index contributed by atoms with van der Waals surface area (Å²) in [5.74, 6) is 0.214. The highest BCUT2D eigenvalue weighted by molar-refractivity contribution is 7.18. The highest BCUT2D eigenvalue weighted by Crippen LogP contribution is 2.22. The van der Waals surface area contributed by atoms with Gasteiger partial charge in [0.25, 0.3) is 5.91 Å². The molecule has 1 aromatic carbocycles. The van der Waals surface area contributed by atoms with Crippen LogP contribution >= 0.6 is 11.3 Å². The van der Waals surface area contributed by atoms with Crippen LogP contribution in [0.15, 0.2) is 47.1 Å². The number of para-hydroxylation sites is 1. The molecule has 1 fully saturated rings. The fourth-order valence-corrected chi connectivity index (χ4v) is 4.11. The first-order valence-corrected chi connectivity index (χ1v) is 9.47. The van der Waals surface area contributed by atoms with Crippen molar-refractivity contribution < 1.29 is 14.0 Å². The van der Waals surface area contributed by atoms with E-state index in [0.29, 0.717) is 38.2 Å². The van der Waals surface area contributed by atoms with Gasteiger partial charge in [-0.15, -0.1) is 11.3 Å². The molecule has 0 radical (unpaired) electrons. The van der Waals surface area contributed by atoms with Gasteiger partial charge in [0.15, 0.2) is 5.76 Å². The van der Waals surface area contributed by atoms with E-state index in [1.54, 1.807) is 28.4 Å². The van der Waals surface area contributed by atoms with Crippen molar-refractivity contribution in [1.82, 2.24) is 15.2 Å². The van der Waals surface area contributed by atoms with Gasteiger partial charge in [-0.05, 0) is 37.1 Å². The quantitative estimate of drug-likeness (QED) is 0.767. The highest BCUT2D eigenvalue weighted by Gasteiger charge is 2.28. The van der Waals surface area contributed by atoms with E-state index in [2.05, 4.69) is 10.3 Å². The molecular formula is C19H19N3O3S. The number of thiazole rings is 1. The molecule has 0 aliphatic carbocycles. The van der Waals surface area contributed by atoms with Crippen molar-refractivity contribution >= 4 is 33.4 Å². The first kappa shape index (κ1) is 16.8. The summed E-state index contributed by atoms with van der Waals surface area (Å²) >= 11 is 1.60. The Morgan fingerprint density at radius 3 is 2.73 bits per heavy atom. The van der Waals surface area contributed by atoms with Crippen molar-refractivity contribution in [3.63, 3.8) is 0 Å². The van der Waals surface area contributed by atoms with Gasteiger partial charge in [-0.1, -0.05) is 12.1 Å². The van der Waals surface area contributed by atoms with Crippen molar-refractivity contribution in [3.05, 3.63) is 53.4 Å². The number of rotatable bonds is 4. The minimum Gasteiger partial charge on any atom is -0.459 e. The van der Waals surface area contributed by atoms with Gasteiger partial charge in [-0.25, -0.2) is 4.98 Å². The Bertz CT molecular complexity index is 878. The Morgan fingerprint density at radius 2 is 2.00 bits per heavy atom. The Morgan fingerprint density at radius 1 is 1.19 bits per heavy atom. The Balaban J connectivity index is 1.29. The van der Waals surface area contributed by atoms with E-state index < -0.39 is 0 Å². The number of hydrogen-bond acceptors (Lipinski definition) is 5. The Labute approximate surface area is 154 Å². The average Bonchev–Trinajstić information content (AvgIpc) is 3.35. The van der Waals surface area contributed by atoms with Gasteiger partial charge in [0.2, 0.25) is 5.91 Å². The van der Waals surface area contributed by atoms with E-state index in [4.69, 9.17) is 4.42 Å². The van der Waals surface area contributed by atoms with Gasteiger partial charge in [0.1, 0.15) is 5.01 Å². The standard InChI is InChI=1S/C19H19N3O3S/c23-18(20-12-17-21-14-4-1-2-6-16(14)26-17)13-7-9-22(10-8-13)19(24)15-5-3-11-25-15/h1-6,11,13H,7-10,12H2,(H,20,23). The fraction of sp³-hybridized carbons (Fsp3) is 0.316. The number of nitrogens with zero attached hydrogens (tertiary/aromatic N) is 2. The molecule has 134 valence electrons. The first-order valence-electron chi connectivity index (χ1n) is 8.65. The lowest BCUT2D eigenvalue weighted by molar-refractivity contribution is -0.126. The second kappa shape index (κ2) is 7.29. The van der Waals surface area contributed by atoms with Crippen molar-refractivity contribution in [2.24, 2.45) is 5.92 Å². The van der Waals surface area contributed by atoms with Gasteiger partial charge < -0.3 is 14.6 Å². The third kappa shape index (κ3) is 3.48. The number of amides is 2. The zero-order chi connectivity index (χ0) is 17.9. The van der Waals surface area contributed by atoms with Crippen molar-refractivity contribution in [1.29, 1.82) is 0 Å². The van der Waals surface area contributed by atoms with E-state index in [9.17, 15) is 9.59 Å². The van der Waals surface area contributed by atoms with Crippen molar-refractivity contribution in [3.8, 4) is 0 Å². The molecule has 3 heterocycles. The van der Waals surface area contributed by atoms with Gasteiger partial charge in [0.05, 0.1) is 23.0 Å². The van der Waals surface area contributed by atoms with E-state index in [-0.39, 0.29) is 17.7 Å². The molecule has 6 nitrogen and oxygen atoms in total. The molecule has 1 aliphatic rings. The van der Waals surface area contributed by atoms with Crippen LogP contribution in [0.5, 0.6) is 0 Å². The zero-order valence-electron chi connectivity index (χ0n) is 14.2. The minimum atomic E-state index is -0.108. The molecule has 7 heteroatoms. The summed E-state index contributed by atoms with van der Waals surface area (Å²) in [4.78, 5) is 31.0. The first-order chi connectivity index (χ1) is 12.7. The molecule has 4 rings (SSSR count). The summed E-state index contributed by atoms with van der Waals surface area (Å²) in [5.41, 5.74) is 0.964. The maximum Gasteiger partial charge on any atom is 0.289 e. The molecule has 0 bridgehead atoms. The third-order valence-corrected chi connectivity index (χ3v) is 5.67. The molecule has 0 atom stereocenters. The van der Waals surface area contributed by atoms with Crippen LogP contribution in [0, 0.1) is 5.92 Å². The lowest BCUT2D eigenvalue weighted by Crippen LogP contribution is -2.42. The summed E-state index contributed by atoms with van der Waals surface area (Å²) in [7, 11) is 0. The normalized spacial score (nSPS) is 15.3. The number of benzene rings is 1. The van der Waals surface area contributed by atoms with Crippen LogP contribution in [0.1, 0.15) is 28.4 Å². The van der Waals surface area contributed by atoms with Crippen LogP contribution < -0.4 is 5.32 Å². The molecular weight excluding hydrogens is 350 g/mol. The molecule has 1 N–H and O–H groups in total. The molecule has 2 aromatic heterocycles. The summed E-state index contributed by atoms with van der Waals surface area (Å²) in [6, 6.07) is 11.3. The number of piperidine rings is 1. The maximum absolute atomic E-state index is 12.4. The van der Waals surface area contributed by atoms with E-state index in [0.717, 1.165) is 15.2 Å².